The molecule has 1 saturated carbocycles. The van der Waals surface area contributed by atoms with Crippen molar-refractivity contribution in [2.45, 2.75) is 84.5 Å². The number of hydrogen-bond donors (Lipinski definition) is 0. The van der Waals surface area contributed by atoms with Crippen molar-refractivity contribution in [2.75, 3.05) is 0 Å². The summed E-state index contributed by atoms with van der Waals surface area (Å²) in [4.78, 5) is 16.6. The van der Waals surface area contributed by atoms with Gasteiger partial charge in [0, 0.05) is 5.69 Å². The third kappa shape index (κ3) is 6.26. The zero-order valence-electron chi connectivity index (χ0n) is 15.4. The first-order valence-corrected chi connectivity index (χ1v) is 9.89. The van der Waals surface area contributed by atoms with E-state index in [9.17, 15) is 4.79 Å². The monoisotopic (exact) mass is 331 g/mol. The second-order valence-corrected chi connectivity index (χ2v) is 7.18. The fraction of sp³-hybridized carbons (Fsp3) is 0.714. The van der Waals surface area contributed by atoms with E-state index in [-0.39, 0.29) is 11.9 Å². The second-order valence-electron chi connectivity index (χ2n) is 7.18. The number of carbonyl (C=O) groups excluding carboxylic acids is 1. The molecule has 3 nitrogen and oxygen atoms in total. The highest BCUT2D eigenvalue weighted by atomic mass is 16.5. The summed E-state index contributed by atoms with van der Waals surface area (Å²) < 4.78 is 5.51. The lowest BCUT2D eigenvalue weighted by Gasteiger charge is -2.27. The molecule has 0 spiro atoms. The molecule has 1 aliphatic carbocycles. The maximum absolute atomic E-state index is 12.3. The lowest BCUT2D eigenvalue weighted by Crippen LogP contribution is -2.25. The van der Waals surface area contributed by atoms with E-state index in [0.29, 0.717) is 5.75 Å². The fourth-order valence-corrected chi connectivity index (χ4v) is 3.60. The van der Waals surface area contributed by atoms with E-state index in [1.807, 2.05) is 12.1 Å². The Bertz CT molecular complexity index is 475. The second kappa shape index (κ2) is 10.5. The van der Waals surface area contributed by atoms with Crippen LogP contribution in [0.1, 0.15) is 83.7 Å². The number of aromatic nitrogens is 1. The van der Waals surface area contributed by atoms with Gasteiger partial charge in [0.15, 0.2) is 0 Å². The molecule has 0 aliphatic heterocycles. The van der Waals surface area contributed by atoms with Gasteiger partial charge in [-0.2, -0.15) is 0 Å². The normalized spacial score (nSPS) is 20.8. The molecule has 0 radical (unpaired) electrons. The third-order valence-electron chi connectivity index (χ3n) is 5.27. The van der Waals surface area contributed by atoms with Crippen LogP contribution in [0.15, 0.2) is 18.3 Å². The van der Waals surface area contributed by atoms with Crippen LogP contribution in [-0.4, -0.2) is 11.0 Å². The van der Waals surface area contributed by atoms with E-state index in [0.717, 1.165) is 30.9 Å². The van der Waals surface area contributed by atoms with Gasteiger partial charge < -0.3 is 4.74 Å². The summed E-state index contributed by atoms with van der Waals surface area (Å²) in [6, 6.07) is 3.78. The van der Waals surface area contributed by atoms with Crippen LogP contribution in [0, 0.1) is 11.8 Å². The number of hydrogen-bond acceptors (Lipinski definition) is 3. The molecule has 0 atom stereocenters. The minimum atomic E-state index is -0.0672. The zero-order chi connectivity index (χ0) is 17.2. The van der Waals surface area contributed by atoms with Crippen LogP contribution in [0.2, 0.25) is 0 Å². The SMILES string of the molecule is CCCCCCCC1CCC(C(=O)Oc2ccc(CC)nc2)CC1. The number of carbonyl (C=O) groups is 1. The van der Waals surface area contributed by atoms with Crippen LogP contribution >= 0.6 is 0 Å². The van der Waals surface area contributed by atoms with Gasteiger partial charge in [-0.1, -0.05) is 52.4 Å². The average molecular weight is 332 g/mol. The van der Waals surface area contributed by atoms with Gasteiger partial charge in [0.25, 0.3) is 0 Å². The largest absolute Gasteiger partial charge is 0.425 e. The van der Waals surface area contributed by atoms with E-state index in [4.69, 9.17) is 4.74 Å². The molecule has 0 amide bonds. The quantitative estimate of drug-likeness (QED) is 0.429. The lowest BCUT2D eigenvalue weighted by atomic mass is 9.80. The number of unbranched alkanes of at least 4 members (excludes halogenated alkanes) is 4. The molecule has 24 heavy (non-hydrogen) atoms. The Morgan fingerprint density at radius 3 is 2.46 bits per heavy atom. The Balaban J connectivity index is 1.66. The first-order chi connectivity index (χ1) is 11.7. The summed E-state index contributed by atoms with van der Waals surface area (Å²) in [5, 5.41) is 0. The smallest absolute Gasteiger partial charge is 0.314 e. The van der Waals surface area contributed by atoms with Crippen molar-refractivity contribution in [3.05, 3.63) is 24.0 Å². The third-order valence-corrected chi connectivity index (χ3v) is 5.27. The molecule has 0 bridgehead atoms. The van der Waals surface area contributed by atoms with E-state index in [1.165, 1.54) is 51.4 Å². The molecule has 2 rings (SSSR count). The summed E-state index contributed by atoms with van der Waals surface area (Å²) >= 11 is 0. The Morgan fingerprint density at radius 1 is 1.08 bits per heavy atom. The molecule has 1 aromatic heterocycles. The summed E-state index contributed by atoms with van der Waals surface area (Å²) in [6.45, 7) is 4.32. The van der Waals surface area contributed by atoms with Crippen molar-refractivity contribution in [2.24, 2.45) is 11.8 Å². The first kappa shape index (κ1) is 19.0. The topological polar surface area (TPSA) is 39.2 Å². The lowest BCUT2D eigenvalue weighted by molar-refractivity contribution is -0.140. The fourth-order valence-electron chi connectivity index (χ4n) is 3.60. The number of rotatable bonds is 9. The molecule has 0 saturated heterocycles. The van der Waals surface area contributed by atoms with E-state index in [1.54, 1.807) is 6.20 Å². The van der Waals surface area contributed by atoms with Crippen LogP contribution in [0.5, 0.6) is 5.75 Å². The molecular formula is C21H33NO2. The highest BCUT2D eigenvalue weighted by molar-refractivity contribution is 5.75. The molecule has 0 aromatic carbocycles. The van der Waals surface area contributed by atoms with Crippen molar-refractivity contribution in [3.63, 3.8) is 0 Å². The Kier molecular flexibility index (Phi) is 8.27. The predicted molar refractivity (Wildman–Crippen MR) is 98.1 cm³/mol. The van der Waals surface area contributed by atoms with Crippen molar-refractivity contribution < 1.29 is 9.53 Å². The maximum atomic E-state index is 12.3. The van der Waals surface area contributed by atoms with Crippen molar-refractivity contribution in [3.8, 4) is 5.75 Å². The van der Waals surface area contributed by atoms with Gasteiger partial charge in [-0.3, -0.25) is 9.78 Å². The van der Waals surface area contributed by atoms with Gasteiger partial charge >= 0.3 is 5.97 Å². The molecule has 1 heterocycles. The molecule has 0 unspecified atom stereocenters. The van der Waals surface area contributed by atoms with Gasteiger partial charge in [-0.25, -0.2) is 0 Å². The number of aryl methyl sites for hydroxylation is 1. The van der Waals surface area contributed by atoms with Gasteiger partial charge in [-0.05, 0) is 50.2 Å². The first-order valence-electron chi connectivity index (χ1n) is 9.89. The number of ether oxygens (including phenoxy) is 1. The van der Waals surface area contributed by atoms with Crippen molar-refractivity contribution >= 4 is 5.97 Å². The number of nitrogens with zero attached hydrogens (tertiary/aromatic N) is 1. The minimum Gasteiger partial charge on any atom is -0.425 e. The Hall–Kier alpha value is -1.38. The van der Waals surface area contributed by atoms with Crippen LogP contribution in [-0.2, 0) is 11.2 Å². The van der Waals surface area contributed by atoms with Gasteiger partial charge in [0.1, 0.15) is 5.75 Å². The molecule has 1 aliphatic rings. The van der Waals surface area contributed by atoms with E-state index < -0.39 is 0 Å². The Morgan fingerprint density at radius 2 is 1.83 bits per heavy atom. The highest BCUT2D eigenvalue weighted by Gasteiger charge is 2.27. The molecular weight excluding hydrogens is 298 g/mol. The van der Waals surface area contributed by atoms with Gasteiger partial charge in [0.05, 0.1) is 12.1 Å². The van der Waals surface area contributed by atoms with Gasteiger partial charge in [-0.15, -0.1) is 0 Å². The summed E-state index contributed by atoms with van der Waals surface area (Å²) in [7, 11) is 0. The zero-order valence-corrected chi connectivity index (χ0v) is 15.4. The average Bonchev–Trinajstić information content (AvgIpc) is 2.62. The van der Waals surface area contributed by atoms with Crippen LogP contribution in [0.4, 0.5) is 0 Å². The van der Waals surface area contributed by atoms with Crippen LogP contribution in [0.25, 0.3) is 0 Å². The summed E-state index contributed by atoms with van der Waals surface area (Å²) in [6.07, 6.45) is 15.0. The maximum Gasteiger partial charge on any atom is 0.314 e. The number of esters is 1. The molecule has 3 heteroatoms. The molecule has 1 aromatic rings. The molecule has 134 valence electrons. The summed E-state index contributed by atoms with van der Waals surface area (Å²) in [5.74, 6) is 1.41. The standard InChI is InChI=1S/C21H33NO2/c1-3-5-6-7-8-9-17-10-12-18(13-11-17)21(23)24-20-15-14-19(4-2)22-16-20/h14-18H,3-13H2,1-2H3. The van der Waals surface area contributed by atoms with Crippen LogP contribution in [0.3, 0.4) is 0 Å². The van der Waals surface area contributed by atoms with Gasteiger partial charge in [0.2, 0.25) is 0 Å². The van der Waals surface area contributed by atoms with Crippen LogP contribution < -0.4 is 4.74 Å². The highest BCUT2D eigenvalue weighted by Crippen LogP contribution is 2.33. The van der Waals surface area contributed by atoms with Crippen molar-refractivity contribution in [1.82, 2.24) is 4.98 Å². The van der Waals surface area contributed by atoms with E-state index >= 15 is 0 Å². The molecule has 1 fully saturated rings. The van der Waals surface area contributed by atoms with E-state index in [2.05, 4.69) is 18.8 Å². The predicted octanol–water partition coefficient (Wildman–Crippen LogP) is 5.72. The molecule has 0 N–H and O–H groups in total. The minimum absolute atomic E-state index is 0.0672. The van der Waals surface area contributed by atoms with Crippen molar-refractivity contribution in [1.29, 1.82) is 0 Å². The number of pyridine rings is 1. The Labute approximate surface area is 147 Å². The summed E-state index contributed by atoms with van der Waals surface area (Å²) in [5.41, 5.74) is 1.02.